The normalized spacial score (nSPS) is 54.7. The minimum absolute atomic E-state index is 0.425. The molecule has 4 aliphatic carbocycles. The molecule has 0 radical (unpaired) electrons. The minimum atomic E-state index is -0.552. The van der Waals surface area contributed by atoms with E-state index in [9.17, 15) is 10.2 Å². The summed E-state index contributed by atoms with van der Waals surface area (Å²) in [6.07, 6.45) is 17.0. The number of rotatable bonds is 4. The Morgan fingerprint density at radius 2 is 1.65 bits per heavy atom. The summed E-state index contributed by atoms with van der Waals surface area (Å²) in [4.78, 5) is 0. The van der Waals surface area contributed by atoms with E-state index >= 15 is 0 Å². The van der Waals surface area contributed by atoms with Crippen molar-refractivity contribution < 1.29 is 14.9 Å². The lowest BCUT2D eigenvalue weighted by molar-refractivity contribution is -0.146. The number of hydrogen-bond donors (Lipinski definition) is 2. The van der Waals surface area contributed by atoms with E-state index in [2.05, 4.69) is 20.8 Å². The topological polar surface area (TPSA) is 49.7 Å². The summed E-state index contributed by atoms with van der Waals surface area (Å²) in [6.45, 7) is 8.70. The van der Waals surface area contributed by atoms with Crippen molar-refractivity contribution in [2.75, 3.05) is 13.2 Å². The van der Waals surface area contributed by atoms with E-state index in [4.69, 9.17) is 4.74 Å². The number of ether oxygens (including phenoxy) is 1. The molecule has 0 spiro atoms. The van der Waals surface area contributed by atoms with E-state index in [1.54, 1.807) is 0 Å². The molecule has 3 nitrogen and oxygen atoms in total. The van der Waals surface area contributed by atoms with Crippen molar-refractivity contribution in [1.29, 1.82) is 0 Å². The van der Waals surface area contributed by atoms with Crippen LogP contribution in [0.5, 0.6) is 0 Å². The quantitative estimate of drug-likeness (QED) is 0.563. The summed E-state index contributed by atoms with van der Waals surface area (Å²) in [6, 6.07) is 0. The van der Waals surface area contributed by atoms with E-state index < -0.39 is 11.2 Å². The zero-order valence-electron chi connectivity index (χ0n) is 20.5. The molecule has 9 atom stereocenters. The summed E-state index contributed by atoms with van der Waals surface area (Å²) < 4.78 is 5.57. The molecule has 0 amide bonds. The van der Waals surface area contributed by atoms with Crippen LogP contribution in [-0.2, 0) is 4.74 Å². The molecular weight excluding hydrogens is 384 g/mol. The van der Waals surface area contributed by atoms with Crippen molar-refractivity contribution in [1.82, 2.24) is 0 Å². The highest BCUT2D eigenvalue weighted by Crippen LogP contribution is 2.68. The molecule has 0 aromatic rings. The first-order chi connectivity index (χ1) is 14.7. The second-order valence-electron chi connectivity index (χ2n) is 13.4. The van der Waals surface area contributed by atoms with E-state index in [1.165, 1.54) is 51.4 Å². The molecule has 2 N–H and O–H groups in total. The van der Waals surface area contributed by atoms with E-state index in [-0.39, 0.29) is 0 Å². The first-order valence-corrected chi connectivity index (χ1v) is 13.7. The molecule has 3 heteroatoms. The van der Waals surface area contributed by atoms with Gasteiger partial charge in [0.05, 0.1) is 17.8 Å². The zero-order chi connectivity index (χ0) is 21.9. The number of fused-ring (bicyclic) bond motifs is 5. The average molecular weight is 433 g/mol. The summed E-state index contributed by atoms with van der Waals surface area (Å²) >= 11 is 0. The Morgan fingerprint density at radius 1 is 0.839 bits per heavy atom. The van der Waals surface area contributed by atoms with Gasteiger partial charge in [0.15, 0.2) is 0 Å². The first kappa shape index (κ1) is 22.7. The Morgan fingerprint density at radius 3 is 2.42 bits per heavy atom. The third kappa shape index (κ3) is 3.93. The van der Waals surface area contributed by atoms with Crippen molar-refractivity contribution in [3.05, 3.63) is 0 Å². The van der Waals surface area contributed by atoms with Gasteiger partial charge in [-0.1, -0.05) is 20.3 Å². The predicted molar refractivity (Wildman–Crippen MR) is 125 cm³/mol. The molecule has 1 heterocycles. The van der Waals surface area contributed by atoms with Gasteiger partial charge in [-0.3, -0.25) is 0 Å². The second kappa shape index (κ2) is 7.98. The second-order valence-corrected chi connectivity index (χ2v) is 13.4. The Hall–Kier alpha value is -0.120. The molecule has 0 bridgehead atoms. The van der Waals surface area contributed by atoms with Gasteiger partial charge in [0.25, 0.3) is 0 Å². The van der Waals surface area contributed by atoms with Gasteiger partial charge in [-0.05, 0) is 131 Å². The highest BCUT2D eigenvalue weighted by atomic mass is 16.5. The zero-order valence-corrected chi connectivity index (χ0v) is 20.5. The molecule has 0 aromatic heterocycles. The summed E-state index contributed by atoms with van der Waals surface area (Å²) in [5.74, 6) is 4.31. The van der Waals surface area contributed by atoms with E-state index in [0.717, 1.165) is 74.7 Å². The molecule has 5 rings (SSSR count). The highest BCUT2D eigenvalue weighted by Gasteiger charge is 2.60. The van der Waals surface area contributed by atoms with Crippen molar-refractivity contribution in [3.8, 4) is 0 Å². The molecule has 178 valence electrons. The lowest BCUT2D eigenvalue weighted by Gasteiger charge is -2.62. The van der Waals surface area contributed by atoms with Crippen LogP contribution in [0.4, 0.5) is 0 Å². The van der Waals surface area contributed by atoms with E-state index in [0.29, 0.717) is 17.4 Å². The van der Waals surface area contributed by atoms with Crippen molar-refractivity contribution in [3.63, 3.8) is 0 Å². The maximum atomic E-state index is 10.8. The third-order valence-corrected chi connectivity index (χ3v) is 11.6. The fourth-order valence-corrected chi connectivity index (χ4v) is 9.73. The van der Waals surface area contributed by atoms with Crippen molar-refractivity contribution >= 4 is 0 Å². The molecular formula is C28H48O3. The van der Waals surface area contributed by atoms with Gasteiger partial charge in [0.1, 0.15) is 0 Å². The fraction of sp³-hybridized carbons (Fsp3) is 1.00. The van der Waals surface area contributed by atoms with Crippen molar-refractivity contribution in [2.24, 2.45) is 40.4 Å². The Labute approximate surface area is 190 Å². The maximum Gasteiger partial charge on any atom is 0.0881 e. The van der Waals surface area contributed by atoms with Crippen LogP contribution < -0.4 is 0 Å². The largest absolute Gasteiger partial charge is 0.390 e. The van der Waals surface area contributed by atoms with Crippen LogP contribution in [0.3, 0.4) is 0 Å². The number of aliphatic hydroxyl groups is 2. The SMILES string of the molecule is CC12CC[C@](C)(O)CC1CCC1C2CCC2(C)C1CC[C@@H]2CCCC1(O)CCCOC1. The Kier molecular flexibility index (Phi) is 5.83. The molecule has 5 aliphatic rings. The van der Waals surface area contributed by atoms with Gasteiger partial charge in [0.2, 0.25) is 0 Å². The van der Waals surface area contributed by atoms with Gasteiger partial charge in [-0.15, -0.1) is 0 Å². The van der Waals surface area contributed by atoms with Crippen LogP contribution in [-0.4, -0.2) is 34.6 Å². The third-order valence-electron chi connectivity index (χ3n) is 11.6. The molecule has 4 saturated carbocycles. The van der Waals surface area contributed by atoms with Gasteiger partial charge in [-0.2, -0.15) is 0 Å². The molecule has 7 unspecified atom stereocenters. The monoisotopic (exact) mass is 432 g/mol. The van der Waals surface area contributed by atoms with Crippen LogP contribution in [0.15, 0.2) is 0 Å². The summed E-state index contributed by atoms with van der Waals surface area (Å²) in [7, 11) is 0. The van der Waals surface area contributed by atoms with Gasteiger partial charge >= 0.3 is 0 Å². The van der Waals surface area contributed by atoms with Crippen LogP contribution in [0.25, 0.3) is 0 Å². The smallest absolute Gasteiger partial charge is 0.0881 e. The number of hydrogen-bond acceptors (Lipinski definition) is 3. The van der Waals surface area contributed by atoms with Crippen LogP contribution in [0, 0.1) is 40.4 Å². The molecule has 1 saturated heterocycles. The maximum absolute atomic E-state index is 10.8. The average Bonchev–Trinajstić information content (AvgIpc) is 3.05. The molecule has 31 heavy (non-hydrogen) atoms. The van der Waals surface area contributed by atoms with Crippen LogP contribution in [0.2, 0.25) is 0 Å². The predicted octanol–water partition coefficient (Wildman–Crippen LogP) is 6.11. The highest BCUT2D eigenvalue weighted by molar-refractivity contribution is 5.10. The van der Waals surface area contributed by atoms with Gasteiger partial charge in [0, 0.05) is 6.61 Å². The standard InChI is InChI=1S/C28H48O3/c1-25(29)15-16-27(3)21(18-25)7-9-22-23-10-8-20(26(23,2)14-11-24(22)27)6-4-12-28(30)13-5-17-31-19-28/h20-24,29-30H,4-19H2,1-3H3/t20-,21?,22?,23?,24?,25-,26?,27?,28?/m0/s1. The van der Waals surface area contributed by atoms with Crippen molar-refractivity contribution in [2.45, 2.75) is 122 Å². The van der Waals surface area contributed by atoms with Crippen LogP contribution in [0.1, 0.15) is 111 Å². The van der Waals surface area contributed by atoms with Gasteiger partial charge < -0.3 is 14.9 Å². The van der Waals surface area contributed by atoms with Crippen LogP contribution >= 0.6 is 0 Å². The molecule has 5 fully saturated rings. The fourth-order valence-electron chi connectivity index (χ4n) is 9.73. The Balaban J connectivity index is 1.23. The Bertz CT molecular complexity index is 653. The lowest BCUT2D eigenvalue weighted by Crippen LogP contribution is -2.55. The minimum Gasteiger partial charge on any atom is -0.390 e. The lowest BCUT2D eigenvalue weighted by atomic mass is 9.44. The summed E-state index contributed by atoms with van der Waals surface area (Å²) in [5.41, 5.74) is 0.0150. The first-order valence-electron chi connectivity index (χ1n) is 13.7. The summed E-state index contributed by atoms with van der Waals surface area (Å²) in [5, 5.41) is 21.5. The van der Waals surface area contributed by atoms with E-state index in [1.807, 2.05) is 0 Å². The molecule has 0 aromatic carbocycles. The molecule has 1 aliphatic heterocycles. The van der Waals surface area contributed by atoms with Gasteiger partial charge in [-0.25, -0.2) is 0 Å².